The van der Waals surface area contributed by atoms with Crippen molar-refractivity contribution in [3.05, 3.63) is 34.9 Å². The molecule has 0 spiro atoms. The van der Waals surface area contributed by atoms with Crippen molar-refractivity contribution < 1.29 is 51.5 Å². The van der Waals surface area contributed by atoms with Gasteiger partial charge in [0.2, 0.25) is 0 Å². The van der Waals surface area contributed by atoms with Crippen molar-refractivity contribution in [2.45, 2.75) is 39.5 Å². The molecular formula is C15H20O3P2V2. The minimum atomic E-state index is 0. The molecule has 0 aliphatic carbocycles. The van der Waals surface area contributed by atoms with Gasteiger partial charge in [0.15, 0.2) is 0 Å². The third kappa shape index (κ3) is 10.9. The summed E-state index contributed by atoms with van der Waals surface area (Å²) in [7, 11) is 0.527. The summed E-state index contributed by atoms with van der Waals surface area (Å²) in [5.74, 6) is 0.121. The second kappa shape index (κ2) is 12.7. The van der Waals surface area contributed by atoms with Crippen LogP contribution in [0, 0.1) is 0 Å². The number of ketones is 1. The van der Waals surface area contributed by atoms with E-state index in [1.54, 1.807) is 20.8 Å². The number of carbonyl (C=O) groups is 3. The van der Waals surface area contributed by atoms with E-state index in [2.05, 4.69) is 6.07 Å². The van der Waals surface area contributed by atoms with Gasteiger partial charge in [-0.25, -0.2) is 0 Å². The van der Waals surface area contributed by atoms with Crippen LogP contribution in [0.3, 0.4) is 0 Å². The van der Waals surface area contributed by atoms with Crippen molar-refractivity contribution in [2.75, 3.05) is 0 Å². The zero-order valence-electron chi connectivity index (χ0n) is 13.0. The normalized spacial score (nSPS) is 10.5. The molecule has 2 atom stereocenters. The van der Waals surface area contributed by atoms with Gasteiger partial charge in [-0.15, -0.1) is 0 Å². The topological polar surface area (TPSA) is 51.2 Å². The van der Waals surface area contributed by atoms with Gasteiger partial charge in [-0.3, -0.25) is 14.4 Å². The summed E-state index contributed by atoms with van der Waals surface area (Å²) in [6, 6.07) is 6.05. The van der Waals surface area contributed by atoms with Crippen molar-refractivity contribution in [2.24, 2.45) is 0 Å². The average Bonchev–Trinajstić information content (AvgIpc) is 2.33. The summed E-state index contributed by atoms with van der Waals surface area (Å²) >= 11 is 0. The molecule has 1 aromatic carbocycles. The molecule has 7 heteroatoms. The first-order valence-electron chi connectivity index (χ1n) is 6.47. The Labute approximate surface area is 159 Å². The minimum absolute atomic E-state index is 0. The Morgan fingerprint density at radius 1 is 0.773 bits per heavy atom. The number of rotatable bonds is 8. The first kappa shape index (κ1) is 24.5. The first-order valence-corrected chi connectivity index (χ1v) is 8.88. The maximum Gasteiger partial charge on any atom is 0.148 e. The van der Waals surface area contributed by atoms with Crippen LogP contribution in [-0.2, 0) is 70.2 Å². The summed E-state index contributed by atoms with van der Waals surface area (Å²) in [5, 5.41) is 0. The van der Waals surface area contributed by atoms with E-state index in [1.165, 1.54) is 0 Å². The molecule has 0 fully saturated rings. The number of carbonyl (C=O) groups excluding carboxylic acids is 3. The van der Waals surface area contributed by atoms with E-state index in [4.69, 9.17) is 0 Å². The molecule has 0 N–H and O–H groups in total. The van der Waals surface area contributed by atoms with Gasteiger partial charge in [0.25, 0.3) is 0 Å². The molecule has 3 nitrogen and oxygen atoms in total. The zero-order valence-corrected chi connectivity index (χ0v) is 17.8. The Hall–Kier alpha value is 0.259. The van der Waals surface area contributed by atoms with Crippen LogP contribution in [0.25, 0.3) is 0 Å². The van der Waals surface area contributed by atoms with Gasteiger partial charge in [-0.2, -0.15) is 0 Å². The van der Waals surface area contributed by atoms with E-state index in [0.717, 1.165) is 29.0 Å². The molecule has 0 aliphatic rings. The zero-order chi connectivity index (χ0) is 15.1. The van der Waals surface area contributed by atoms with Crippen molar-refractivity contribution in [1.29, 1.82) is 0 Å². The Bertz CT molecular complexity index is 497. The predicted octanol–water partition coefficient (Wildman–Crippen LogP) is 3.26. The molecule has 0 heterocycles. The van der Waals surface area contributed by atoms with Gasteiger partial charge in [0, 0.05) is 43.5 Å². The molecule has 0 bridgehead atoms. The number of hydrogen-bond donors (Lipinski definition) is 0. The predicted molar refractivity (Wildman–Crippen MR) is 86.2 cm³/mol. The molecule has 1 aromatic rings. The Kier molecular flexibility index (Phi) is 14.1. The van der Waals surface area contributed by atoms with Crippen LogP contribution >= 0.6 is 17.2 Å². The van der Waals surface area contributed by atoms with Gasteiger partial charge in [0.1, 0.15) is 16.8 Å². The van der Waals surface area contributed by atoms with Crippen LogP contribution in [0.4, 0.5) is 0 Å². The van der Waals surface area contributed by atoms with Crippen molar-refractivity contribution in [3.8, 4) is 0 Å². The van der Waals surface area contributed by atoms with E-state index >= 15 is 0 Å². The molecule has 0 aliphatic heterocycles. The SMILES string of the molecule is CC(=O)Cc1cc(CPC(C)=O)cc(CPC(C)=O)c1.[V].[V]. The molecule has 0 saturated heterocycles. The van der Waals surface area contributed by atoms with Gasteiger partial charge < -0.3 is 0 Å². The van der Waals surface area contributed by atoms with Crippen molar-refractivity contribution >= 4 is 34.0 Å². The van der Waals surface area contributed by atoms with Gasteiger partial charge in [0.05, 0.1) is 0 Å². The fourth-order valence-corrected chi connectivity index (χ4v) is 3.20. The number of benzene rings is 1. The van der Waals surface area contributed by atoms with Crippen LogP contribution in [0.5, 0.6) is 0 Å². The molecule has 2 unspecified atom stereocenters. The van der Waals surface area contributed by atoms with E-state index in [-0.39, 0.29) is 71.1 Å². The van der Waals surface area contributed by atoms with Crippen molar-refractivity contribution in [3.63, 3.8) is 0 Å². The molecule has 0 saturated carbocycles. The Morgan fingerprint density at radius 2 is 1.14 bits per heavy atom. The van der Waals surface area contributed by atoms with Gasteiger partial charge in [-0.05, 0) is 66.9 Å². The van der Waals surface area contributed by atoms with E-state index in [0.29, 0.717) is 6.42 Å². The van der Waals surface area contributed by atoms with Crippen LogP contribution in [0.1, 0.15) is 37.5 Å². The molecule has 0 amide bonds. The maximum atomic E-state index is 11.3. The fourth-order valence-electron chi connectivity index (χ4n) is 1.89. The summed E-state index contributed by atoms with van der Waals surface area (Å²) < 4.78 is 0. The van der Waals surface area contributed by atoms with E-state index in [9.17, 15) is 14.4 Å². The quantitative estimate of drug-likeness (QED) is 0.617. The minimum Gasteiger partial charge on any atom is -0.300 e. The molecular weight excluding hydrogens is 392 g/mol. The van der Waals surface area contributed by atoms with Crippen LogP contribution < -0.4 is 0 Å². The third-order valence-corrected chi connectivity index (χ3v) is 4.81. The summed E-state index contributed by atoms with van der Waals surface area (Å²) in [5.41, 5.74) is 3.52. The smallest absolute Gasteiger partial charge is 0.148 e. The standard InChI is InChI=1S/C15H20O3P2.2V/c1-10(16)4-13-5-14(8-19-11(2)17)7-15(6-13)9-20-12(3)18;;/h5-7,19-20H,4,8-9H2,1-3H3;;. The summed E-state index contributed by atoms with van der Waals surface area (Å²) in [6.45, 7) is 4.76. The third-order valence-electron chi connectivity index (χ3n) is 2.65. The van der Waals surface area contributed by atoms with Gasteiger partial charge in [-0.1, -0.05) is 18.2 Å². The fraction of sp³-hybridized carbons (Fsp3) is 0.400. The first-order chi connectivity index (χ1) is 9.36. The van der Waals surface area contributed by atoms with E-state index < -0.39 is 0 Å². The molecule has 22 heavy (non-hydrogen) atoms. The Morgan fingerprint density at radius 3 is 1.45 bits per heavy atom. The average molecular weight is 412 g/mol. The second-order valence-corrected chi connectivity index (χ2v) is 7.68. The molecule has 0 aromatic heterocycles. The van der Waals surface area contributed by atoms with E-state index in [1.807, 2.05) is 12.1 Å². The molecule has 118 valence electrons. The molecule has 1 rings (SSSR count). The van der Waals surface area contributed by atoms with Crippen LogP contribution in [-0.4, -0.2) is 16.8 Å². The molecule has 2 radical (unpaired) electrons. The summed E-state index contributed by atoms with van der Waals surface area (Å²) in [6.07, 6.45) is 1.85. The Balaban J connectivity index is 0. The largest absolute Gasteiger partial charge is 0.300 e. The van der Waals surface area contributed by atoms with Crippen LogP contribution in [0.2, 0.25) is 0 Å². The number of Topliss-reactive ketones (excluding diaryl/α,β-unsaturated/α-hetero) is 1. The maximum absolute atomic E-state index is 11.3. The second-order valence-electron chi connectivity index (χ2n) is 4.86. The van der Waals surface area contributed by atoms with Gasteiger partial charge >= 0.3 is 0 Å². The van der Waals surface area contributed by atoms with Crippen LogP contribution in [0.15, 0.2) is 18.2 Å². The summed E-state index contributed by atoms with van der Waals surface area (Å²) in [4.78, 5) is 33.5. The number of hydrogen-bond acceptors (Lipinski definition) is 3. The van der Waals surface area contributed by atoms with Crippen molar-refractivity contribution in [1.82, 2.24) is 0 Å². The monoisotopic (exact) mass is 412 g/mol.